The summed E-state index contributed by atoms with van der Waals surface area (Å²) in [4.78, 5) is 2.15. The fourth-order valence-electron chi connectivity index (χ4n) is 2.01. The first kappa shape index (κ1) is 13.3. The minimum Gasteiger partial charge on any atom is -0.303 e. The van der Waals surface area contributed by atoms with Crippen molar-refractivity contribution in [3.63, 3.8) is 0 Å². The first-order valence-corrected chi connectivity index (χ1v) is 6.48. The number of halogens is 4. The third-order valence-corrected chi connectivity index (χ3v) is 3.28. The Morgan fingerprint density at radius 2 is 2.07 bits per heavy atom. The molecule has 0 saturated carbocycles. The van der Waals surface area contributed by atoms with Crippen molar-refractivity contribution < 1.29 is 13.2 Å². The van der Waals surface area contributed by atoms with Gasteiger partial charge in [0.2, 0.25) is 0 Å². The van der Waals surface area contributed by atoms with Crippen LogP contribution in [0.3, 0.4) is 0 Å². The lowest BCUT2D eigenvalue weighted by atomic mass is 10.1. The molecule has 0 amide bonds. The summed E-state index contributed by atoms with van der Waals surface area (Å²) in [5.74, 6) is 0.676. The van der Waals surface area contributed by atoms with Crippen molar-refractivity contribution in [3.8, 4) is 0 Å². The van der Waals surface area contributed by atoms with Crippen LogP contribution in [-0.4, -0.2) is 36.0 Å². The van der Waals surface area contributed by atoms with Gasteiger partial charge in [0.05, 0.1) is 0 Å². The van der Waals surface area contributed by atoms with E-state index in [0.29, 0.717) is 12.5 Å². The predicted octanol–water partition coefficient (Wildman–Crippen LogP) is 3.44. The van der Waals surface area contributed by atoms with Gasteiger partial charge in [-0.1, -0.05) is 15.9 Å². The highest BCUT2D eigenvalue weighted by atomic mass is 79.9. The van der Waals surface area contributed by atoms with E-state index in [1.54, 1.807) is 0 Å². The van der Waals surface area contributed by atoms with Gasteiger partial charge in [-0.25, -0.2) is 0 Å². The second-order valence-electron chi connectivity index (χ2n) is 4.15. The van der Waals surface area contributed by atoms with E-state index in [1.165, 1.54) is 0 Å². The molecule has 1 rings (SSSR count). The van der Waals surface area contributed by atoms with E-state index in [2.05, 4.69) is 20.8 Å². The highest BCUT2D eigenvalue weighted by Gasteiger charge is 2.27. The molecule has 1 atom stereocenters. The van der Waals surface area contributed by atoms with Gasteiger partial charge < -0.3 is 4.90 Å². The summed E-state index contributed by atoms with van der Waals surface area (Å²) in [6.45, 7) is 2.54. The fraction of sp³-hybridized carbons (Fsp3) is 1.00. The molecule has 1 saturated heterocycles. The van der Waals surface area contributed by atoms with Crippen LogP contribution in [0.25, 0.3) is 0 Å². The summed E-state index contributed by atoms with van der Waals surface area (Å²) >= 11 is 3.39. The SMILES string of the molecule is FC(F)(F)CCCN1CCC(CCBr)C1. The average molecular weight is 288 g/mol. The number of alkyl halides is 4. The van der Waals surface area contributed by atoms with E-state index in [0.717, 1.165) is 31.3 Å². The second-order valence-corrected chi connectivity index (χ2v) is 4.94. The van der Waals surface area contributed by atoms with Crippen molar-refractivity contribution in [2.75, 3.05) is 25.0 Å². The molecule has 1 aliphatic rings. The summed E-state index contributed by atoms with van der Waals surface area (Å²) in [5.41, 5.74) is 0. The van der Waals surface area contributed by atoms with Gasteiger partial charge in [0.1, 0.15) is 0 Å². The van der Waals surface area contributed by atoms with Gasteiger partial charge in [-0.2, -0.15) is 13.2 Å². The Bertz CT molecular complexity index is 184. The molecule has 5 heteroatoms. The van der Waals surface area contributed by atoms with Crippen LogP contribution in [-0.2, 0) is 0 Å². The molecular weight excluding hydrogens is 271 g/mol. The monoisotopic (exact) mass is 287 g/mol. The average Bonchev–Trinajstić information content (AvgIpc) is 2.51. The number of rotatable bonds is 5. The maximum absolute atomic E-state index is 11.9. The Morgan fingerprint density at radius 1 is 1.33 bits per heavy atom. The van der Waals surface area contributed by atoms with E-state index in [9.17, 15) is 13.2 Å². The Balaban J connectivity index is 2.09. The molecule has 0 spiro atoms. The second kappa shape index (κ2) is 6.09. The minimum absolute atomic E-state index is 0.241. The zero-order valence-corrected chi connectivity index (χ0v) is 10.3. The van der Waals surface area contributed by atoms with Crippen LogP contribution in [0.2, 0.25) is 0 Å². The third-order valence-electron chi connectivity index (χ3n) is 2.82. The summed E-state index contributed by atoms with van der Waals surface area (Å²) in [6.07, 6.45) is -2.13. The van der Waals surface area contributed by atoms with Gasteiger partial charge in [0, 0.05) is 18.3 Å². The molecule has 0 radical (unpaired) electrons. The van der Waals surface area contributed by atoms with Crippen LogP contribution in [0.4, 0.5) is 13.2 Å². The van der Waals surface area contributed by atoms with Gasteiger partial charge in [0.15, 0.2) is 0 Å². The van der Waals surface area contributed by atoms with E-state index in [-0.39, 0.29) is 6.42 Å². The number of hydrogen-bond donors (Lipinski definition) is 0. The number of likely N-dealkylation sites (tertiary alicyclic amines) is 1. The van der Waals surface area contributed by atoms with Gasteiger partial charge in [0.25, 0.3) is 0 Å². The van der Waals surface area contributed by atoms with Crippen LogP contribution < -0.4 is 0 Å². The van der Waals surface area contributed by atoms with E-state index >= 15 is 0 Å². The molecule has 0 aliphatic carbocycles. The first-order valence-electron chi connectivity index (χ1n) is 5.36. The highest BCUT2D eigenvalue weighted by Crippen LogP contribution is 2.24. The smallest absolute Gasteiger partial charge is 0.303 e. The molecule has 1 nitrogen and oxygen atoms in total. The largest absolute Gasteiger partial charge is 0.389 e. The van der Waals surface area contributed by atoms with Gasteiger partial charge >= 0.3 is 6.18 Å². The summed E-state index contributed by atoms with van der Waals surface area (Å²) < 4.78 is 35.7. The van der Waals surface area contributed by atoms with Crippen molar-refractivity contribution >= 4 is 15.9 Å². The maximum Gasteiger partial charge on any atom is 0.389 e. The molecule has 1 heterocycles. The van der Waals surface area contributed by atoms with E-state index in [1.807, 2.05) is 0 Å². The van der Waals surface area contributed by atoms with Gasteiger partial charge in [-0.05, 0) is 38.3 Å². The Kier molecular flexibility index (Phi) is 5.39. The lowest BCUT2D eigenvalue weighted by molar-refractivity contribution is -0.136. The normalized spacial score (nSPS) is 23.6. The Morgan fingerprint density at radius 3 is 2.67 bits per heavy atom. The van der Waals surface area contributed by atoms with Crippen LogP contribution in [0.5, 0.6) is 0 Å². The molecule has 0 aromatic heterocycles. The Labute approximate surface area is 97.1 Å². The lowest BCUT2D eigenvalue weighted by Gasteiger charge is -2.16. The topological polar surface area (TPSA) is 3.24 Å². The van der Waals surface area contributed by atoms with Crippen molar-refractivity contribution in [2.24, 2.45) is 5.92 Å². The van der Waals surface area contributed by atoms with E-state index in [4.69, 9.17) is 0 Å². The quantitative estimate of drug-likeness (QED) is 0.700. The number of nitrogens with zero attached hydrogens (tertiary/aromatic N) is 1. The molecule has 1 fully saturated rings. The highest BCUT2D eigenvalue weighted by molar-refractivity contribution is 9.09. The standard InChI is InChI=1S/C10H17BrF3N/c11-5-2-9-3-7-15(8-9)6-1-4-10(12,13)14/h9H,1-8H2. The maximum atomic E-state index is 11.9. The fourth-order valence-corrected chi connectivity index (χ4v) is 2.66. The molecule has 15 heavy (non-hydrogen) atoms. The van der Waals surface area contributed by atoms with Crippen molar-refractivity contribution in [1.29, 1.82) is 0 Å². The van der Waals surface area contributed by atoms with Crippen LogP contribution >= 0.6 is 15.9 Å². The molecule has 0 aromatic carbocycles. The number of hydrogen-bond acceptors (Lipinski definition) is 1. The molecule has 0 bridgehead atoms. The molecule has 1 aliphatic heterocycles. The van der Waals surface area contributed by atoms with Crippen LogP contribution in [0.1, 0.15) is 25.7 Å². The molecular formula is C10H17BrF3N. The van der Waals surface area contributed by atoms with Crippen molar-refractivity contribution in [1.82, 2.24) is 4.90 Å². The summed E-state index contributed by atoms with van der Waals surface area (Å²) in [6, 6.07) is 0. The summed E-state index contributed by atoms with van der Waals surface area (Å²) in [5, 5.41) is 0.994. The third kappa shape index (κ3) is 5.76. The van der Waals surface area contributed by atoms with E-state index < -0.39 is 12.6 Å². The molecule has 0 aromatic rings. The Hall–Kier alpha value is 0.230. The minimum atomic E-state index is -3.99. The predicted molar refractivity (Wildman–Crippen MR) is 58.2 cm³/mol. The molecule has 90 valence electrons. The van der Waals surface area contributed by atoms with Crippen LogP contribution in [0, 0.1) is 5.92 Å². The molecule has 0 N–H and O–H groups in total. The van der Waals surface area contributed by atoms with Gasteiger partial charge in [-0.15, -0.1) is 0 Å². The van der Waals surface area contributed by atoms with Crippen molar-refractivity contribution in [2.45, 2.75) is 31.9 Å². The lowest BCUT2D eigenvalue weighted by Crippen LogP contribution is -2.23. The van der Waals surface area contributed by atoms with Crippen molar-refractivity contribution in [3.05, 3.63) is 0 Å². The zero-order chi connectivity index (χ0) is 11.3. The van der Waals surface area contributed by atoms with Gasteiger partial charge in [-0.3, -0.25) is 0 Å². The van der Waals surface area contributed by atoms with Crippen LogP contribution in [0.15, 0.2) is 0 Å². The zero-order valence-electron chi connectivity index (χ0n) is 8.69. The summed E-state index contributed by atoms with van der Waals surface area (Å²) in [7, 11) is 0. The first-order chi connectivity index (χ1) is 7.01. The molecule has 1 unspecified atom stereocenters.